The summed E-state index contributed by atoms with van der Waals surface area (Å²) >= 11 is 0. The molecular weight excluding hydrogens is 1090 g/mol. The number of hydrogen-bond acceptors (Lipinski definition) is 16. The van der Waals surface area contributed by atoms with Crippen LogP contribution in [0.15, 0.2) is 119 Å². The molecule has 0 radical (unpaired) electrons. The number of fused-ring (bicyclic) bond motifs is 1. The fourth-order valence-electron chi connectivity index (χ4n) is 9.49. The molecule has 2 saturated heterocycles. The molecule has 20 nitrogen and oxygen atoms in total. The van der Waals surface area contributed by atoms with Crippen LogP contribution >= 0.6 is 0 Å². The minimum absolute atomic E-state index is 0.0399. The van der Waals surface area contributed by atoms with Gasteiger partial charge in [-0.15, -0.1) is 0 Å². The summed E-state index contributed by atoms with van der Waals surface area (Å²) in [5.74, 6) is 0.970. The van der Waals surface area contributed by atoms with Gasteiger partial charge in [-0.3, -0.25) is 0 Å². The normalized spacial score (nSPS) is 17.9. The van der Waals surface area contributed by atoms with Gasteiger partial charge in [-0.25, -0.2) is 26.4 Å². The lowest BCUT2D eigenvalue weighted by Gasteiger charge is -2.35. The van der Waals surface area contributed by atoms with E-state index in [1.165, 1.54) is 47.1 Å². The molecule has 2 fully saturated rings. The number of hydrogen-bond donors (Lipinski definition) is 4. The average molecular weight is 1180 g/mol. The van der Waals surface area contributed by atoms with Crippen LogP contribution in [0.1, 0.15) is 91.7 Å². The number of carbonyl (C=O) groups is 2. The van der Waals surface area contributed by atoms with Crippen molar-refractivity contribution in [2.45, 2.75) is 145 Å². The molecule has 2 aliphatic rings. The Bertz CT molecular complexity index is 2950. The summed E-state index contributed by atoms with van der Waals surface area (Å²) in [4.78, 5) is 25.8. The van der Waals surface area contributed by atoms with Crippen molar-refractivity contribution in [2.75, 3.05) is 53.6 Å². The van der Waals surface area contributed by atoms with Crippen LogP contribution in [0.2, 0.25) is 0 Å². The van der Waals surface area contributed by atoms with Gasteiger partial charge in [0.25, 0.3) is 0 Å². The average Bonchev–Trinajstić information content (AvgIpc) is 4.21. The first-order valence-electron chi connectivity index (χ1n) is 27.4. The number of nitriles is 2. The zero-order chi connectivity index (χ0) is 60.3. The fraction of sp³-hybridized carbons (Fsp3) is 0.533. The molecule has 448 valence electrons. The number of aliphatic hydroxyl groups excluding tert-OH is 2. The summed E-state index contributed by atoms with van der Waals surface area (Å²) in [5, 5.41) is 46.7. The number of nitrogens with zero attached hydrogens (tertiary/aromatic N) is 4. The SMILES string of the molecule is COc1ccc(S(=O)(=O)N(C[C@@H](O)[C@H](Cc2ccccc2)NC(=O)OC(C)(C)C)CC(C)(C)CCC#N)cc1.COc1ccc(S(=O)(=O)N(C[C@@H](O)[C@H](Cc2ccccc2)NC(=O)O[C@@H]2CO[C@@H]3OCC[C@@H]32)CC(C)(C)CCC#N)cc1. The van der Waals surface area contributed by atoms with Crippen LogP contribution in [0.3, 0.4) is 0 Å². The number of ether oxygens (including phenoxy) is 6. The maximum absolute atomic E-state index is 13.9. The lowest BCUT2D eigenvalue weighted by Crippen LogP contribution is -2.52. The summed E-state index contributed by atoms with van der Waals surface area (Å²) in [6.45, 7) is 13.0. The first kappa shape index (κ1) is 66.5. The molecule has 4 aromatic rings. The molecule has 2 heterocycles. The summed E-state index contributed by atoms with van der Waals surface area (Å²) in [6.07, 6.45) is -2.18. The molecule has 0 bridgehead atoms. The van der Waals surface area contributed by atoms with E-state index in [0.29, 0.717) is 30.9 Å². The van der Waals surface area contributed by atoms with E-state index < -0.39 is 79.1 Å². The maximum Gasteiger partial charge on any atom is 0.407 e. The largest absolute Gasteiger partial charge is 0.497 e. The predicted molar refractivity (Wildman–Crippen MR) is 307 cm³/mol. The van der Waals surface area contributed by atoms with Gasteiger partial charge in [0.15, 0.2) is 6.29 Å². The van der Waals surface area contributed by atoms with Crippen LogP contribution in [-0.4, -0.2) is 144 Å². The first-order valence-corrected chi connectivity index (χ1v) is 30.2. The summed E-state index contributed by atoms with van der Waals surface area (Å²) in [6, 6.07) is 33.2. The molecule has 7 atom stereocenters. The van der Waals surface area contributed by atoms with Gasteiger partial charge in [-0.05, 0) is 123 Å². The van der Waals surface area contributed by atoms with Crippen LogP contribution in [0.5, 0.6) is 11.5 Å². The third kappa shape index (κ3) is 20.5. The molecular formula is C60H82N6O14S2. The zero-order valence-corrected chi connectivity index (χ0v) is 50.2. The molecule has 0 saturated carbocycles. The first-order chi connectivity index (χ1) is 38.7. The molecule has 22 heteroatoms. The topological polar surface area (TPSA) is 276 Å². The van der Waals surface area contributed by atoms with Gasteiger partial charge in [0.2, 0.25) is 20.0 Å². The van der Waals surface area contributed by atoms with Crippen LogP contribution in [0.25, 0.3) is 0 Å². The van der Waals surface area contributed by atoms with E-state index in [1.807, 2.05) is 88.4 Å². The molecule has 0 aromatic heterocycles. The lowest BCUT2D eigenvalue weighted by atomic mass is 9.88. The molecule has 0 spiro atoms. The van der Waals surface area contributed by atoms with Gasteiger partial charge in [0.1, 0.15) is 23.2 Å². The molecule has 2 amide bonds. The third-order valence-corrected chi connectivity index (χ3v) is 17.6. The molecule has 0 unspecified atom stereocenters. The minimum Gasteiger partial charge on any atom is -0.497 e. The number of carbonyl (C=O) groups excluding carboxylic acids is 2. The Kier molecular flexibility index (Phi) is 24.5. The van der Waals surface area contributed by atoms with Gasteiger partial charge in [0.05, 0.1) is 79.6 Å². The number of alkyl carbamates (subject to hydrolysis) is 2. The van der Waals surface area contributed by atoms with Gasteiger partial charge >= 0.3 is 12.2 Å². The van der Waals surface area contributed by atoms with E-state index in [2.05, 4.69) is 22.8 Å². The highest BCUT2D eigenvalue weighted by molar-refractivity contribution is 7.89. The van der Waals surface area contributed by atoms with Crippen LogP contribution in [-0.2, 0) is 51.8 Å². The van der Waals surface area contributed by atoms with Crippen molar-refractivity contribution < 1.29 is 65.1 Å². The van der Waals surface area contributed by atoms with Gasteiger partial charge in [-0.2, -0.15) is 19.1 Å². The van der Waals surface area contributed by atoms with E-state index in [-0.39, 0.29) is 80.5 Å². The Balaban J connectivity index is 0.000000302. The summed E-state index contributed by atoms with van der Waals surface area (Å²) in [7, 11) is -5.15. The lowest BCUT2D eigenvalue weighted by molar-refractivity contribution is -0.0907. The predicted octanol–water partition coefficient (Wildman–Crippen LogP) is 7.99. The van der Waals surface area contributed by atoms with Crippen LogP contribution < -0.4 is 20.1 Å². The van der Waals surface area contributed by atoms with Crippen molar-refractivity contribution in [1.82, 2.24) is 19.2 Å². The minimum atomic E-state index is -4.08. The third-order valence-electron chi connectivity index (χ3n) is 14.0. The monoisotopic (exact) mass is 1170 g/mol. The Morgan fingerprint density at radius 2 is 1.06 bits per heavy atom. The summed E-state index contributed by atoms with van der Waals surface area (Å²) in [5.41, 5.74) is -0.169. The second-order valence-corrected chi connectivity index (χ2v) is 27.0. The number of aliphatic hydroxyl groups is 2. The zero-order valence-electron chi connectivity index (χ0n) is 48.5. The molecule has 2 aliphatic heterocycles. The fourth-order valence-corrected chi connectivity index (χ4v) is 12.8. The number of nitrogens with one attached hydrogen (secondary N) is 2. The van der Waals surface area contributed by atoms with E-state index in [4.69, 9.17) is 38.9 Å². The number of methoxy groups -OCH3 is 2. The number of amides is 2. The van der Waals surface area contributed by atoms with Crippen LogP contribution in [0, 0.1) is 39.4 Å². The van der Waals surface area contributed by atoms with E-state index in [1.54, 1.807) is 45.0 Å². The Morgan fingerprint density at radius 1 is 0.646 bits per heavy atom. The smallest absolute Gasteiger partial charge is 0.407 e. The Morgan fingerprint density at radius 3 is 1.45 bits per heavy atom. The summed E-state index contributed by atoms with van der Waals surface area (Å²) < 4.78 is 90.5. The van der Waals surface area contributed by atoms with Gasteiger partial charge in [0, 0.05) is 39.0 Å². The van der Waals surface area contributed by atoms with Crippen LogP contribution in [0.4, 0.5) is 9.59 Å². The van der Waals surface area contributed by atoms with Crippen molar-refractivity contribution in [3.8, 4) is 23.6 Å². The second-order valence-electron chi connectivity index (χ2n) is 23.1. The molecule has 4 aromatic carbocycles. The maximum atomic E-state index is 13.9. The quantitative estimate of drug-likeness (QED) is 0.0440. The highest BCUT2D eigenvalue weighted by Crippen LogP contribution is 2.34. The van der Waals surface area contributed by atoms with E-state index in [9.17, 15) is 36.6 Å². The van der Waals surface area contributed by atoms with Crippen molar-refractivity contribution in [1.29, 1.82) is 10.5 Å². The molecule has 0 aliphatic carbocycles. The number of rotatable bonds is 27. The number of benzene rings is 4. The number of sulfonamides is 2. The second kappa shape index (κ2) is 30.3. The molecule has 4 N–H and O–H groups in total. The van der Waals surface area contributed by atoms with Gasteiger partial charge < -0.3 is 49.3 Å². The van der Waals surface area contributed by atoms with Crippen molar-refractivity contribution in [3.63, 3.8) is 0 Å². The van der Waals surface area contributed by atoms with Crippen molar-refractivity contribution in [2.24, 2.45) is 16.7 Å². The van der Waals surface area contributed by atoms with Crippen molar-refractivity contribution in [3.05, 3.63) is 120 Å². The highest BCUT2D eigenvalue weighted by atomic mass is 32.2. The van der Waals surface area contributed by atoms with E-state index >= 15 is 0 Å². The standard InChI is InChI=1S/C31H41N3O8S.C29H41N3O6S/c1-31(2,15-7-16-32)21-34(43(37,38)24-12-10-23(39-3)11-13-24)19-27(35)26(18-22-8-5-4-6-9-22)33-30(36)42-28-20-41-29-25(28)14-17-40-29;1-28(2,3)38-27(34)31-25(19-22-11-8-7-9-12-22)26(33)20-32(21-29(4,5)17-10-18-30)39(35,36)24-15-13-23(37-6)14-16-24/h4-6,8-13,25-29,35H,7,14-15,17-21H2,1-3H3,(H,33,36);7-9,11-16,25-26,33H,10,17,19-21H2,1-6H3,(H,31,34)/t25-,26+,27-,28-,29+;25-,26+/m10/s1. The van der Waals surface area contributed by atoms with Crippen molar-refractivity contribution >= 4 is 32.2 Å². The highest BCUT2D eigenvalue weighted by Gasteiger charge is 2.44. The molecule has 6 rings (SSSR count). The van der Waals surface area contributed by atoms with E-state index in [0.717, 1.165) is 17.5 Å². The Hall–Kier alpha value is -6.34. The molecule has 82 heavy (non-hydrogen) atoms. The van der Waals surface area contributed by atoms with Gasteiger partial charge in [-0.1, -0.05) is 88.4 Å². The Labute approximate surface area is 484 Å².